The average molecular weight is 507 g/mol. The Morgan fingerprint density at radius 3 is 2.85 bits per heavy atom. The molecule has 154 valence electrons. The number of ether oxygens (including phenoxy) is 2. The van der Waals surface area contributed by atoms with Crippen LogP contribution in [0.3, 0.4) is 0 Å². The molecule has 0 aromatic heterocycles. The van der Waals surface area contributed by atoms with Gasteiger partial charge in [-0.2, -0.15) is 0 Å². The molecule has 27 heavy (non-hydrogen) atoms. The van der Waals surface area contributed by atoms with Crippen LogP contribution in [0.15, 0.2) is 40.2 Å². The summed E-state index contributed by atoms with van der Waals surface area (Å²) < 4.78 is 11.1. The van der Waals surface area contributed by atoms with Crippen LogP contribution in [0.4, 0.5) is 0 Å². The summed E-state index contributed by atoms with van der Waals surface area (Å²) in [6.45, 7) is 10.2. The van der Waals surface area contributed by atoms with Crippen molar-refractivity contribution in [3.63, 3.8) is 0 Å². The molecule has 1 fully saturated rings. The van der Waals surface area contributed by atoms with Gasteiger partial charge in [-0.15, -0.1) is 35.7 Å². The molecule has 5 nitrogen and oxygen atoms in total. The predicted molar refractivity (Wildman–Crippen MR) is 126 cm³/mol. The van der Waals surface area contributed by atoms with E-state index < -0.39 is 0 Å². The molecular weight excluding hydrogens is 473 g/mol. The van der Waals surface area contributed by atoms with E-state index in [-0.39, 0.29) is 24.0 Å². The van der Waals surface area contributed by atoms with E-state index in [0.29, 0.717) is 11.2 Å². The second kappa shape index (κ2) is 15.4. The van der Waals surface area contributed by atoms with Crippen LogP contribution in [0.1, 0.15) is 26.7 Å². The Kier molecular flexibility index (Phi) is 14.0. The number of rotatable bonds is 11. The fourth-order valence-electron chi connectivity index (χ4n) is 2.68. The van der Waals surface area contributed by atoms with Crippen LogP contribution in [0.2, 0.25) is 0 Å². The first-order valence-corrected chi connectivity index (χ1v) is 10.5. The molecule has 1 saturated heterocycles. The summed E-state index contributed by atoms with van der Waals surface area (Å²) in [5.41, 5.74) is 0. The number of nitrogens with one attached hydrogen (secondary N) is 2. The third kappa shape index (κ3) is 11.2. The van der Waals surface area contributed by atoms with Gasteiger partial charge in [-0.25, -0.2) is 0 Å². The first-order valence-electron chi connectivity index (χ1n) is 9.67. The van der Waals surface area contributed by atoms with E-state index >= 15 is 0 Å². The molecule has 7 heteroatoms. The van der Waals surface area contributed by atoms with Gasteiger partial charge in [0.1, 0.15) is 0 Å². The molecule has 0 radical (unpaired) electrons. The van der Waals surface area contributed by atoms with Crippen molar-refractivity contribution in [3.8, 4) is 0 Å². The Labute approximate surface area is 185 Å². The van der Waals surface area contributed by atoms with E-state index in [0.717, 1.165) is 64.9 Å². The molecule has 2 rings (SSSR count). The molecule has 0 aliphatic carbocycles. The highest BCUT2D eigenvalue weighted by Gasteiger charge is 2.15. The summed E-state index contributed by atoms with van der Waals surface area (Å²) in [6.07, 6.45) is 2.11. The van der Waals surface area contributed by atoms with Gasteiger partial charge >= 0.3 is 0 Å². The van der Waals surface area contributed by atoms with Gasteiger partial charge in [0.15, 0.2) is 5.96 Å². The summed E-state index contributed by atoms with van der Waals surface area (Å²) in [7, 11) is 0. The third-order valence-corrected chi connectivity index (χ3v) is 5.16. The number of halogens is 1. The lowest BCUT2D eigenvalue weighted by molar-refractivity contribution is 0.0888. The lowest BCUT2D eigenvalue weighted by Gasteiger charge is -2.14. The van der Waals surface area contributed by atoms with Crippen LogP contribution in [0, 0.1) is 5.92 Å². The highest BCUT2D eigenvalue weighted by Crippen LogP contribution is 2.22. The monoisotopic (exact) mass is 507 g/mol. The van der Waals surface area contributed by atoms with Gasteiger partial charge in [0.05, 0.1) is 19.8 Å². The van der Waals surface area contributed by atoms with Crippen LogP contribution in [-0.4, -0.2) is 57.3 Å². The Morgan fingerprint density at radius 2 is 2.15 bits per heavy atom. The number of guanidine groups is 1. The Bertz CT molecular complexity index is 513. The van der Waals surface area contributed by atoms with Crippen molar-refractivity contribution in [1.82, 2.24) is 10.6 Å². The minimum atomic E-state index is 0. The molecule has 1 aliphatic rings. The maximum atomic E-state index is 5.74. The smallest absolute Gasteiger partial charge is 0.191 e. The van der Waals surface area contributed by atoms with Gasteiger partial charge in [-0.3, -0.25) is 4.99 Å². The maximum Gasteiger partial charge on any atom is 0.191 e. The van der Waals surface area contributed by atoms with Crippen LogP contribution in [0.25, 0.3) is 0 Å². The summed E-state index contributed by atoms with van der Waals surface area (Å²) in [4.78, 5) is 6.00. The minimum Gasteiger partial charge on any atom is -0.381 e. The van der Waals surface area contributed by atoms with Crippen molar-refractivity contribution in [2.24, 2.45) is 10.9 Å². The molecule has 0 saturated carbocycles. The average Bonchev–Trinajstić information content (AvgIpc) is 3.16. The first-order chi connectivity index (χ1) is 12.8. The second-order valence-electron chi connectivity index (χ2n) is 6.55. The van der Waals surface area contributed by atoms with Gasteiger partial charge in [-0.05, 0) is 31.9 Å². The lowest BCUT2D eigenvalue weighted by Crippen LogP contribution is -2.38. The van der Waals surface area contributed by atoms with Crippen molar-refractivity contribution >= 4 is 41.7 Å². The highest BCUT2D eigenvalue weighted by molar-refractivity contribution is 14.0. The van der Waals surface area contributed by atoms with Crippen molar-refractivity contribution in [3.05, 3.63) is 30.3 Å². The van der Waals surface area contributed by atoms with E-state index in [1.807, 2.05) is 17.8 Å². The largest absolute Gasteiger partial charge is 0.381 e. The van der Waals surface area contributed by atoms with Gasteiger partial charge in [0, 0.05) is 42.4 Å². The number of thioether (sulfide) groups is 1. The number of hydrogen-bond acceptors (Lipinski definition) is 4. The summed E-state index contributed by atoms with van der Waals surface area (Å²) >= 11 is 1.86. The molecule has 0 bridgehead atoms. The van der Waals surface area contributed by atoms with Crippen molar-refractivity contribution < 1.29 is 9.47 Å². The fourth-order valence-corrected chi connectivity index (χ4v) is 3.60. The molecular formula is C20H34IN3O2S. The molecule has 2 unspecified atom stereocenters. The number of aliphatic imine (C=N–C) groups is 1. The normalized spacial score (nSPS) is 18.0. The van der Waals surface area contributed by atoms with Crippen molar-refractivity contribution in [2.75, 3.05) is 46.1 Å². The highest BCUT2D eigenvalue weighted by atomic mass is 127. The SMILES string of the molecule is CCNC(=NCC(C)Sc1ccccc1)NCCCOCC1CCOC1.I. The molecule has 2 N–H and O–H groups in total. The predicted octanol–water partition coefficient (Wildman–Crippen LogP) is 3.78. The summed E-state index contributed by atoms with van der Waals surface area (Å²) in [6, 6.07) is 10.5. The Balaban J connectivity index is 0.00000364. The zero-order valence-corrected chi connectivity index (χ0v) is 19.6. The molecule has 1 aliphatic heterocycles. The summed E-state index contributed by atoms with van der Waals surface area (Å²) in [5, 5.41) is 7.14. The zero-order chi connectivity index (χ0) is 18.5. The standard InChI is InChI=1S/C20H33N3O2S.HI/c1-3-21-20(22-11-7-12-24-15-18-10-13-25-16-18)23-14-17(2)26-19-8-5-4-6-9-19;/h4-6,8-9,17-18H,3,7,10-16H2,1-2H3,(H2,21,22,23);1H. The molecule has 2 atom stereocenters. The lowest BCUT2D eigenvalue weighted by atomic mass is 10.1. The number of hydrogen-bond donors (Lipinski definition) is 2. The third-order valence-electron chi connectivity index (χ3n) is 4.07. The van der Waals surface area contributed by atoms with Crippen LogP contribution >= 0.6 is 35.7 Å². The first kappa shape index (κ1) is 24.5. The van der Waals surface area contributed by atoms with E-state index in [4.69, 9.17) is 14.5 Å². The molecule has 0 spiro atoms. The van der Waals surface area contributed by atoms with E-state index in [2.05, 4.69) is 48.7 Å². The van der Waals surface area contributed by atoms with Crippen LogP contribution in [-0.2, 0) is 9.47 Å². The van der Waals surface area contributed by atoms with Gasteiger partial charge in [-0.1, -0.05) is 25.1 Å². The van der Waals surface area contributed by atoms with E-state index in [1.165, 1.54) is 4.90 Å². The number of benzene rings is 1. The second-order valence-corrected chi connectivity index (χ2v) is 8.06. The Hall–Kier alpha value is -0.510. The molecule has 1 aromatic carbocycles. The molecule has 1 aromatic rings. The van der Waals surface area contributed by atoms with E-state index in [1.54, 1.807) is 0 Å². The van der Waals surface area contributed by atoms with Gasteiger partial charge in [0.2, 0.25) is 0 Å². The molecule has 1 heterocycles. The zero-order valence-electron chi connectivity index (χ0n) is 16.5. The van der Waals surface area contributed by atoms with Crippen molar-refractivity contribution in [1.29, 1.82) is 0 Å². The Morgan fingerprint density at radius 1 is 1.33 bits per heavy atom. The van der Waals surface area contributed by atoms with Crippen LogP contribution < -0.4 is 10.6 Å². The van der Waals surface area contributed by atoms with E-state index in [9.17, 15) is 0 Å². The quantitative estimate of drug-likeness (QED) is 0.157. The van der Waals surface area contributed by atoms with Gasteiger partial charge < -0.3 is 20.1 Å². The topological polar surface area (TPSA) is 54.9 Å². The fraction of sp³-hybridized carbons (Fsp3) is 0.650. The summed E-state index contributed by atoms with van der Waals surface area (Å²) in [5.74, 6) is 1.47. The van der Waals surface area contributed by atoms with Crippen molar-refractivity contribution in [2.45, 2.75) is 36.8 Å². The van der Waals surface area contributed by atoms with Gasteiger partial charge in [0.25, 0.3) is 0 Å². The van der Waals surface area contributed by atoms with Crippen LogP contribution in [0.5, 0.6) is 0 Å². The number of nitrogens with zero attached hydrogens (tertiary/aromatic N) is 1. The molecule has 0 amide bonds. The maximum absolute atomic E-state index is 5.74. The minimum absolute atomic E-state index is 0.